The molecule has 7 heteroatoms. The monoisotopic (exact) mass is 534 g/mol. The Balaban J connectivity index is 1.25. The zero-order chi connectivity index (χ0) is 25.1. The van der Waals surface area contributed by atoms with Crippen molar-refractivity contribution in [1.29, 1.82) is 0 Å². The van der Waals surface area contributed by atoms with Crippen LogP contribution in [0.25, 0.3) is 20.8 Å². The molecule has 0 fully saturated rings. The third kappa shape index (κ3) is 5.59. The van der Waals surface area contributed by atoms with Crippen molar-refractivity contribution in [2.75, 3.05) is 12.4 Å². The molecule has 4 aromatic carbocycles. The fourth-order valence-electron chi connectivity index (χ4n) is 3.81. The molecule has 0 atom stereocenters. The lowest BCUT2D eigenvalue weighted by Crippen LogP contribution is -2.03. The van der Waals surface area contributed by atoms with Crippen molar-refractivity contribution in [2.45, 2.75) is 20.1 Å². The minimum absolute atomic E-state index is 0.391. The summed E-state index contributed by atoms with van der Waals surface area (Å²) in [4.78, 5) is 4.77. The highest BCUT2D eigenvalue weighted by molar-refractivity contribution is 7.21. The van der Waals surface area contributed by atoms with Gasteiger partial charge >= 0.3 is 0 Å². The minimum atomic E-state index is 0.391. The van der Waals surface area contributed by atoms with Gasteiger partial charge in [-0.15, -0.1) is 11.3 Å². The number of fused-ring (bicyclic) bond motifs is 1. The van der Waals surface area contributed by atoms with Gasteiger partial charge in [0.2, 0.25) is 0 Å². The predicted octanol–water partition coefficient (Wildman–Crippen LogP) is 8.78. The number of ether oxygens (including phenoxy) is 2. The highest BCUT2D eigenvalue weighted by Crippen LogP contribution is 2.35. The van der Waals surface area contributed by atoms with Gasteiger partial charge in [-0.2, -0.15) is 0 Å². The number of nitrogens with one attached hydrogen (secondary N) is 1. The molecular formula is C29H24Cl2N2O2S. The van der Waals surface area contributed by atoms with Gasteiger partial charge in [0.1, 0.15) is 11.6 Å². The molecule has 0 radical (unpaired) electrons. The topological polar surface area (TPSA) is 43.4 Å². The molecule has 1 aromatic heterocycles. The second kappa shape index (κ2) is 10.8. The Kier molecular flexibility index (Phi) is 7.33. The van der Waals surface area contributed by atoms with Gasteiger partial charge in [-0.3, -0.25) is 0 Å². The highest BCUT2D eigenvalue weighted by Gasteiger charge is 2.12. The third-order valence-corrected chi connectivity index (χ3v) is 7.47. The first-order valence-electron chi connectivity index (χ1n) is 11.4. The van der Waals surface area contributed by atoms with Gasteiger partial charge in [0, 0.05) is 33.9 Å². The number of halogens is 2. The first-order chi connectivity index (χ1) is 17.5. The lowest BCUT2D eigenvalue weighted by molar-refractivity contribution is 0.284. The summed E-state index contributed by atoms with van der Waals surface area (Å²) >= 11 is 14.3. The van der Waals surface area contributed by atoms with E-state index in [-0.39, 0.29) is 0 Å². The minimum Gasteiger partial charge on any atom is -0.493 e. The summed E-state index contributed by atoms with van der Waals surface area (Å²) in [7, 11) is 1.62. The Morgan fingerprint density at radius 2 is 1.67 bits per heavy atom. The summed E-state index contributed by atoms with van der Waals surface area (Å²) in [6, 6.07) is 25.9. The molecule has 4 nitrogen and oxygen atoms in total. The van der Waals surface area contributed by atoms with Gasteiger partial charge < -0.3 is 14.8 Å². The van der Waals surface area contributed by atoms with Crippen molar-refractivity contribution < 1.29 is 9.47 Å². The third-order valence-electron chi connectivity index (χ3n) is 5.80. The number of nitrogens with zero attached hydrogens (tertiary/aromatic N) is 1. The molecule has 0 aliphatic heterocycles. The van der Waals surface area contributed by atoms with Crippen molar-refractivity contribution in [1.82, 2.24) is 4.98 Å². The average molecular weight is 535 g/mol. The molecule has 36 heavy (non-hydrogen) atoms. The summed E-state index contributed by atoms with van der Waals surface area (Å²) in [5, 5.41) is 5.76. The molecule has 5 aromatic rings. The Morgan fingerprint density at radius 3 is 2.42 bits per heavy atom. The van der Waals surface area contributed by atoms with E-state index in [1.807, 2.05) is 30.3 Å². The van der Waals surface area contributed by atoms with E-state index in [1.165, 1.54) is 10.3 Å². The fourth-order valence-corrected chi connectivity index (χ4v) is 5.23. The number of hydrogen-bond acceptors (Lipinski definition) is 5. The molecule has 0 saturated carbocycles. The number of anilines is 1. The zero-order valence-electron chi connectivity index (χ0n) is 19.8. The average Bonchev–Trinajstić information content (AvgIpc) is 3.31. The number of thiazole rings is 1. The second-order valence-electron chi connectivity index (χ2n) is 8.43. The van der Waals surface area contributed by atoms with Crippen LogP contribution in [-0.2, 0) is 13.2 Å². The van der Waals surface area contributed by atoms with Crippen molar-refractivity contribution in [2.24, 2.45) is 0 Å². The van der Waals surface area contributed by atoms with Crippen LogP contribution in [0.1, 0.15) is 16.7 Å². The molecule has 0 amide bonds. The van der Waals surface area contributed by atoms with E-state index in [2.05, 4.69) is 54.7 Å². The van der Waals surface area contributed by atoms with E-state index in [0.29, 0.717) is 34.7 Å². The second-order valence-corrected chi connectivity index (χ2v) is 10.3. The van der Waals surface area contributed by atoms with E-state index in [9.17, 15) is 0 Å². The molecule has 1 N–H and O–H groups in total. The number of aryl methyl sites for hydroxylation is 1. The lowest BCUT2D eigenvalue weighted by atomic mass is 10.1. The quantitative estimate of drug-likeness (QED) is 0.216. The summed E-state index contributed by atoms with van der Waals surface area (Å²) < 4.78 is 12.7. The summed E-state index contributed by atoms with van der Waals surface area (Å²) in [5.74, 6) is 1.23. The van der Waals surface area contributed by atoms with Crippen LogP contribution >= 0.6 is 34.5 Å². The van der Waals surface area contributed by atoms with Crippen LogP contribution in [0.4, 0.5) is 5.69 Å². The van der Waals surface area contributed by atoms with Crippen LogP contribution in [0.15, 0.2) is 78.9 Å². The van der Waals surface area contributed by atoms with Crippen LogP contribution in [0.5, 0.6) is 11.5 Å². The van der Waals surface area contributed by atoms with E-state index in [1.54, 1.807) is 24.5 Å². The number of methoxy groups -OCH3 is 1. The maximum absolute atomic E-state index is 6.58. The lowest BCUT2D eigenvalue weighted by Gasteiger charge is -2.15. The first-order valence-corrected chi connectivity index (χ1v) is 13.0. The Labute approximate surface area is 224 Å². The zero-order valence-corrected chi connectivity index (χ0v) is 22.2. The number of hydrogen-bond donors (Lipinski definition) is 1. The van der Waals surface area contributed by atoms with Gasteiger partial charge in [0.15, 0.2) is 11.5 Å². The van der Waals surface area contributed by atoms with Crippen molar-refractivity contribution in [3.63, 3.8) is 0 Å². The van der Waals surface area contributed by atoms with Crippen molar-refractivity contribution >= 4 is 50.4 Å². The van der Waals surface area contributed by atoms with Gasteiger partial charge in [0.25, 0.3) is 0 Å². The van der Waals surface area contributed by atoms with Crippen molar-refractivity contribution in [3.05, 3.63) is 106 Å². The van der Waals surface area contributed by atoms with Crippen molar-refractivity contribution in [3.8, 4) is 22.1 Å². The Hall–Kier alpha value is -3.25. The van der Waals surface area contributed by atoms with Crippen LogP contribution in [0.3, 0.4) is 0 Å². The molecule has 0 unspecified atom stereocenters. The molecule has 5 rings (SSSR count). The molecule has 0 bridgehead atoms. The highest BCUT2D eigenvalue weighted by atomic mass is 35.5. The smallest absolute Gasteiger partial charge is 0.163 e. The SMILES string of the molecule is COc1cc(CNc2ccc(-c3nc4ccc(C)cc4s3)cc2)c(Cl)cc1OCc1ccc(Cl)cc1. The standard InChI is InChI=1S/C29H24Cl2N2O2S/c1-18-3-12-25-28(13-18)36-29(33-25)20-6-10-23(11-7-20)32-16-21-14-26(34-2)27(15-24(21)31)35-17-19-4-8-22(30)9-5-19/h3-15,32H,16-17H2,1-2H3. The molecule has 0 spiro atoms. The molecule has 0 aliphatic carbocycles. The Morgan fingerprint density at radius 1 is 0.889 bits per heavy atom. The largest absolute Gasteiger partial charge is 0.493 e. The molecular weight excluding hydrogens is 511 g/mol. The summed E-state index contributed by atoms with van der Waals surface area (Å²) in [6.07, 6.45) is 0. The summed E-state index contributed by atoms with van der Waals surface area (Å²) in [5.41, 5.74) is 6.29. The van der Waals surface area contributed by atoms with E-state index in [4.69, 9.17) is 37.7 Å². The van der Waals surface area contributed by atoms with Gasteiger partial charge in [-0.25, -0.2) is 4.98 Å². The van der Waals surface area contributed by atoms with E-state index in [0.717, 1.165) is 32.9 Å². The normalized spacial score (nSPS) is 11.0. The van der Waals surface area contributed by atoms with Gasteiger partial charge in [0.05, 0.1) is 17.3 Å². The predicted molar refractivity (Wildman–Crippen MR) is 151 cm³/mol. The van der Waals surface area contributed by atoms with Crippen LogP contribution in [-0.4, -0.2) is 12.1 Å². The maximum Gasteiger partial charge on any atom is 0.163 e. The number of benzene rings is 4. The first kappa shape index (κ1) is 24.4. The molecule has 0 saturated heterocycles. The number of aromatic nitrogens is 1. The van der Waals surface area contributed by atoms with E-state index >= 15 is 0 Å². The summed E-state index contributed by atoms with van der Waals surface area (Å²) in [6.45, 7) is 3.04. The molecule has 0 aliphatic rings. The fraction of sp³-hybridized carbons (Fsp3) is 0.138. The Bertz CT molecular complexity index is 1500. The van der Waals surface area contributed by atoms with Crippen LogP contribution in [0.2, 0.25) is 10.0 Å². The van der Waals surface area contributed by atoms with Gasteiger partial charge in [-0.1, -0.05) is 41.4 Å². The molecule has 182 valence electrons. The molecule has 1 heterocycles. The number of rotatable bonds is 8. The van der Waals surface area contributed by atoms with Gasteiger partial charge in [-0.05, 0) is 78.2 Å². The van der Waals surface area contributed by atoms with Crippen LogP contribution in [0, 0.1) is 6.92 Å². The maximum atomic E-state index is 6.58. The van der Waals surface area contributed by atoms with Crippen LogP contribution < -0.4 is 14.8 Å². The van der Waals surface area contributed by atoms with E-state index < -0.39 is 0 Å².